The Hall–Kier alpha value is -5.22. The Morgan fingerprint density at radius 3 is 2.36 bits per heavy atom. The molecule has 6 aromatic carbocycles. The summed E-state index contributed by atoms with van der Waals surface area (Å²) >= 11 is 0. The van der Waals surface area contributed by atoms with Crippen LogP contribution in [0, 0.1) is 13.8 Å². The molecule has 4 heteroatoms. The Labute approximate surface area is 244 Å². The van der Waals surface area contributed by atoms with Crippen LogP contribution in [0.2, 0.25) is 0 Å². The van der Waals surface area contributed by atoms with Gasteiger partial charge in [0.05, 0.1) is 16.6 Å². The molecule has 0 unspecified atom stereocenters. The van der Waals surface area contributed by atoms with Crippen LogP contribution in [0.25, 0.3) is 60.6 Å². The highest BCUT2D eigenvalue weighted by Crippen LogP contribution is 2.43. The van der Waals surface area contributed by atoms with Crippen LogP contribution in [0.1, 0.15) is 11.1 Å². The first kappa shape index (κ1) is 23.5. The average molecular weight is 537 g/mol. The number of nitrogens with zero attached hydrogens (tertiary/aromatic N) is 1. The van der Waals surface area contributed by atoms with E-state index in [1.165, 1.54) is 55.1 Å². The number of benzene rings is 6. The van der Waals surface area contributed by atoms with E-state index in [0.717, 1.165) is 38.9 Å². The molecule has 0 saturated carbocycles. The number of nitrogens with one attached hydrogen (secondary N) is 1. The van der Waals surface area contributed by atoms with Crippen LogP contribution in [0.5, 0.6) is 0 Å². The zero-order valence-corrected chi connectivity index (χ0v) is 23.4. The maximum Gasteiger partial charge on any atom is 0.197 e. The van der Waals surface area contributed by atoms with Crippen molar-refractivity contribution in [2.45, 2.75) is 13.8 Å². The van der Waals surface area contributed by atoms with Crippen molar-refractivity contribution in [1.29, 1.82) is 0 Å². The minimum atomic E-state index is 0.880. The van der Waals surface area contributed by atoms with E-state index >= 15 is 0 Å². The average Bonchev–Trinajstić information content (AvgIpc) is 3.56. The molecule has 1 aliphatic rings. The van der Waals surface area contributed by atoms with Gasteiger partial charge in [-0.3, -0.25) is 0 Å². The highest BCUT2D eigenvalue weighted by atomic mass is 16.3. The zero-order valence-electron chi connectivity index (χ0n) is 23.4. The minimum Gasteiger partial charge on any atom is -0.456 e. The molecule has 2 aromatic heterocycles. The summed E-state index contributed by atoms with van der Waals surface area (Å²) in [4.78, 5) is 0. The lowest BCUT2D eigenvalue weighted by molar-refractivity contribution is 0.669. The van der Waals surface area contributed by atoms with Crippen LogP contribution in [0.3, 0.4) is 0 Å². The van der Waals surface area contributed by atoms with Crippen LogP contribution in [0.4, 0.5) is 11.4 Å². The predicted octanol–water partition coefficient (Wildman–Crippen LogP) is 8.68. The second kappa shape index (κ2) is 8.64. The van der Waals surface area contributed by atoms with Gasteiger partial charge in [0.2, 0.25) is 0 Å². The van der Waals surface area contributed by atoms with Crippen molar-refractivity contribution in [3.63, 3.8) is 0 Å². The highest BCUT2D eigenvalue weighted by molar-refractivity contribution is 6.73. The molecule has 0 atom stereocenters. The molecule has 197 valence electrons. The normalized spacial score (nSPS) is 12.2. The van der Waals surface area contributed by atoms with Gasteiger partial charge in [-0.2, -0.15) is 0 Å². The maximum absolute atomic E-state index is 6.36. The smallest absolute Gasteiger partial charge is 0.197 e. The Morgan fingerprint density at radius 2 is 1.45 bits per heavy atom. The third kappa shape index (κ3) is 3.24. The lowest BCUT2D eigenvalue weighted by atomic mass is 9.59. The van der Waals surface area contributed by atoms with Crippen molar-refractivity contribution in [2.24, 2.45) is 0 Å². The fraction of sp³-hybridized carbons (Fsp3) is 0.0526. The van der Waals surface area contributed by atoms with Crippen molar-refractivity contribution in [1.82, 2.24) is 4.57 Å². The number of anilines is 2. The second-order valence-electron chi connectivity index (χ2n) is 11.4. The maximum atomic E-state index is 6.36. The van der Waals surface area contributed by atoms with Gasteiger partial charge < -0.3 is 14.3 Å². The minimum absolute atomic E-state index is 0.880. The molecule has 0 spiro atoms. The van der Waals surface area contributed by atoms with Crippen LogP contribution >= 0.6 is 0 Å². The topological polar surface area (TPSA) is 30.1 Å². The number of rotatable bonds is 3. The Bertz CT molecular complexity index is 2390. The van der Waals surface area contributed by atoms with Crippen molar-refractivity contribution in [3.05, 3.63) is 126 Å². The molecule has 0 fully saturated rings. The molecule has 9 rings (SSSR count). The summed E-state index contributed by atoms with van der Waals surface area (Å²) in [6.45, 7) is 4.35. The quantitative estimate of drug-likeness (QED) is 0.229. The molecule has 3 nitrogen and oxygen atoms in total. The van der Waals surface area contributed by atoms with Crippen LogP contribution in [-0.4, -0.2) is 11.8 Å². The van der Waals surface area contributed by atoms with Crippen molar-refractivity contribution >= 4 is 73.3 Å². The van der Waals surface area contributed by atoms with E-state index in [0.29, 0.717) is 0 Å². The van der Waals surface area contributed by atoms with Gasteiger partial charge in [0.25, 0.3) is 0 Å². The lowest BCUT2D eigenvalue weighted by Crippen LogP contribution is -2.37. The SMILES string of the molecule is Cc1cc(-c2ccc3oc4ccccc4c3c2Nc2ccccc2C)c2c(c1)-n1c3ccccc3c3cccc(c31)[B]2. The van der Waals surface area contributed by atoms with Crippen LogP contribution in [-0.2, 0) is 0 Å². The van der Waals surface area contributed by atoms with Gasteiger partial charge in [0, 0.05) is 38.6 Å². The van der Waals surface area contributed by atoms with Gasteiger partial charge >= 0.3 is 0 Å². The standard InChI is InChI=1S/C38H26BN2O/c1-22-20-28(36-32(21-22)41-31-16-7-4-11-24(31)26-13-9-14-29(39-36)38(26)41)25-18-19-34-35(27-12-5-8-17-33(27)42-34)37(25)40-30-15-6-3-10-23(30)2/h3-21,40H,1-2H3. The molecule has 0 saturated heterocycles. The predicted molar refractivity (Wildman–Crippen MR) is 178 cm³/mol. The van der Waals surface area contributed by atoms with Gasteiger partial charge in [0.1, 0.15) is 11.2 Å². The van der Waals surface area contributed by atoms with Gasteiger partial charge in [-0.1, -0.05) is 84.3 Å². The number of aromatic nitrogens is 1. The van der Waals surface area contributed by atoms with Gasteiger partial charge in [-0.05, 0) is 72.4 Å². The summed E-state index contributed by atoms with van der Waals surface area (Å²) in [5.74, 6) is 0. The number of hydrogen-bond donors (Lipinski definition) is 1. The van der Waals surface area contributed by atoms with E-state index in [1.807, 2.05) is 12.1 Å². The summed E-state index contributed by atoms with van der Waals surface area (Å²) < 4.78 is 8.82. The Kier molecular flexibility index (Phi) is 4.83. The Balaban J connectivity index is 1.38. The number of aryl methyl sites for hydroxylation is 2. The van der Waals surface area contributed by atoms with E-state index < -0.39 is 0 Å². The summed E-state index contributed by atoms with van der Waals surface area (Å²) in [5, 5.41) is 8.66. The molecule has 8 aromatic rings. The van der Waals surface area contributed by atoms with Crippen molar-refractivity contribution in [2.75, 3.05) is 5.32 Å². The summed E-state index contributed by atoms with van der Waals surface area (Å²) in [6, 6.07) is 41.2. The monoisotopic (exact) mass is 537 g/mol. The van der Waals surface area contributed by atoms with E-state index in [2.05, 4.69) is 134 Å². The third-order valence-corrected chi connectivity index (χ3v) is 8.81. The fourth-order valence-corrected chi connectivity index (χ4v) is 6.92. The van der Waals surface area contributed by atoms with E-state index in [4.69, 9.17) is 4.42 Å². The van der Waals surface area contributed by atoms with Crippen molar-refractivity contribution < 1.29 is 4.42 Å². The molecular formula is C38H26BN2O. The number of fused-ring (bicyclic) bond motifs is 8. The number of furan rings is 1. The zero-order chi connectivity index (χ0) is 27.9. The second-order valence-corrected chi connectivity index (χ2v) is 11.4. The molecule has 0 bridgehead atoms. The van der Waals surface area contributed by atoms with Gasteiger partial charge in [0.15, 0.2) is 7.28 Å². The van der Waals surface area contributed by atoms with Gasteiger partial charge in [-0.25, -0.2) is 0 Å². The van der Waals surface area contributed by atoms with E-state index in [-0.39, 0.29) is 0 Å². The molecule has 1 radical (unpaired) electrons. The number of para-hydroxylation sites is 4. The van der Waals surface area contributed by atoms with Crippen LogP contribution in [0.15, 0.2) is 120 Å². The van der Waals surface area contributed by atoms with Crippen LogP contribution < -0.4 is 16.2 Å². The highest BCUT2D eigenvalue weighted by Gasteiger charge is 2.27. The molecular weight excluding hydrogens is 511 g/mol. The van der Waals surface area contributed by atoms with E-state index in [1.54, 1.807) is 0 Å². The first-order valence-corrected chi connectivity index (χ1v) is 14.4. The molecule has 3 heterocycles. The number of hydrogen-bond acceptors (Lipinski definition) is 2. The molecule has 1 N–H and O–H groups in total. The Morgan fingerprint density at radius 1 is 0.667 bits per heavy atom. The first-order valence-electron chi connectivity index (χ1n) is 14.4. The molecule has 42 heavy (non-hydrogen) atoms. The molecule has 0 amide bonds. The largest absolute Gasteiger partial charge is 0.456 e. The van der Waals surface area contributed by atoms with Crippen molar-refractivity contribution in [3.8, 4) is 16.8 Å². The fourth-order valence-electron chi connectivity index (χ4n) is 6.92. The molecule has 0 aliphatic carbocycles. The van der Waals surface area contributed by atoms with Gasteiger partial charge in [-0.15, -0.1) is 0 Å². The summed E-state index contributed by atoms with van der Waals surface area (Å²) in [5.41, 5.74) is 14.9. The summed E-state index contributed by atoms with van der Waals surface area (Å²) in [6.07, 6.45) is 0. The molecule has 1 aliphatic heterocycles. The third-order valence-electron chi connectivity index (χ3n) is 8.81. The summed E-state index contributed by atoms with van der Waals surface area (Å²) in [7, 11) is 2.38. The lowest BCUT2D eigenvalue weighted by Gasteiger charge is -2.25. The van der Waals surface area contributed by atoms with E-state index in [9.17, 15) is 0 Å². The first-order chi connectivity index (χ1) is 20.7.